The molecule has 0 spiro atoms. The Balaban J connectivity index is 0.000000707. The van der Waals surface area contributed by atoms with E-state index in [1.54, 1.807) is 72.8 Å². The van der Waals surface area contributed by atoms with Crippen LogP contribution < -0.4 is 21.1 Å². The predicted molar refractivity (Wildman–Crippen MR) is 159 cm³/mol. The molecule has 17 heteroatoms. The van der Waals surface area contributed by atoms with Crippen molar-refractivity contribution >= 4 is 45.1 Å². The molecule has 0 aliphatic carbocycles. The third kappa shape index (κ3) is 10.2. The number of ketones is 1. The number of Topliss-reactive ketones (excluding diaryl/α,β-unsaturated/α-hetero) is 1. The topological polar surface area (TPSA) is 212 Å². The minimum Gasteiger partial charge on any atom is -0.475 e. The standard InChI is InChI=1S/C26H29N5O5S2.C2HF3O2/c27-25(28)20-14-13-19(37-20)22(24(32)18-12-7-15-29-18)30-26(33)23(31-38(34,35)36)21(16-8-3-1-4-9-16)17-10-5-2-6-11-17;3-2(4,5)1(6)7/h1-6,8-11,13-14,18,21-23,29,31H,7,12,15H2,(H3,27,28)(H,30,33)(H,34,35,36);(H,6,7)/t18-,22?,23+;/m0./s1. The smallest absolute Gasteiger partial charge is 0.475 e. The van der Waals surface area contributed by atoms with E-state index in [-0.39, 0.29) is 11.6 Å². The number of halogens is 3. The molecule has 0 saturated carbocycles. The molecule has 2 heterocycles. The maximum absolute atomic E-state index is 13.9. The van der Waals surface area contributed by atoms with Crippen molar-refractivity contribution in [3.05, 3.63) is 93.7 Å². The molecule has 1 amide bonds. The van der Waals surface area contributed by atoms with E-state index in [0.29, 0.717) is 33.8 Å². The van der Waals surface area contributed by atoms with Gasteiger partial charge in [0.25, 0.3) is 0 Å². The van der Waals surface area contributed by atoms with E-state index >= 15 is 0 Å². The van der Waals surface area contributed by atoms with Crippen molar-refractivity contribution in [2.45, 2.75) is 43.1 Å². The van der Waals surface area contributed by atoms with Crippen LogP contribution in [-0.4, -0.2) is 66.4 Å². The van der Waals surface area contributed by atoms with Crippen LogP contribution in [0.5, 0.6) is 0 Å². The van der Waals surface area contributed by atoms with Crippen LogP contribution in [0.15, 0.2) is 72.8 Å². The number of carbonyl (C=O) groups is 3. The third-order valence-electron chi connectivity index (χ3n) is 6.60. The monoisotopic (exact) mass is 669 g/mol. The fraction of sp³-hybridized carbons (Fsp3) is 0.286. The second-order valence-electron chi connectivity index (χ2n) is 9.78. The van der Waals surface area contributed by atoms with Crippen LogP contribution >= 0.6 is 11.3 Å². The lowest BCUT2D eigenvalue weighted by Gasteiger charge is -2.29. The van der Waals surface area contributed by atoms with Crippen molar-refractivity contribution in [1.29, 1.82) is 5.41 Å². The largest absolute Gasteiger partial charge is 0.490 e. The van der Waals surface area contributed by atoms with Crippen molar-refractivity contribution < 1.29 is 45.6 Å². The Hall–Kier alpha value is -4.16. The van der Waals surface area contributed by atoms with E-state index in [9.17, 15) is 35.7 Å². The lowest BCUT2D eigenvalue weighted by molar-refractivity contribution is -0.192. The molecule has 1 unspecified atom stereocenters. The maximum Gasteiger partial charge on any atom is 0.490 e. The molecule has 1 aliphatic rings. The summed E-state index contributed by atoms with van der Waals surface area (Å²) in [7, 11) is -4.82. The van der Waals surface area contributed by atoms with Crippen molar-refractivity contribution in [3.8, 4) is 0 Å². The molecule has 1 aromatic heterocycles. The van der Waals surface area contributed by atoms with Crippen molar-refractivity contribution in [2.75, 3.05) is 6.54 Å². The van der Waals surface area contributed by atoms with Gasteiger partial charge in [-0.3, -0.25) is 19.6 Å². The second-order valence-corrected chi connectivity index (χ2v) is 12.1. The molecular weight excluding hydrogens is 639 g/mol. The lowest BCUT2D eigenvalue weighted by atomic mass is 9.85. The van der Waals surface area contributed by atoms with Gasteiger partial charge >= 0.3 is 22.4 Å². The van der Waals surface area contributed by atoms with Crippen LogP contribution in [0.25, 0.3) is 0 Å². The van der Waals surface area contributed by atoms with Gasteiger partial charge in [0.05, 0.1) is 10.9 Å². The van der Waals surface area contributed by atoms with E-state index < -0.39 is 52.4 Å². The Bertz CT molecular complexity index is 1560. The Morgan fingerprint density at radius 1 is 1.00 bits per heavy atom. The predicted octanol–water partition coefficient (Wildman–Crippen LogP) is 2.74. The first-order chi connectivity index (χ1) is 21.1. The van der Waals surface area contributed by atoms with Gasteiger partial charge in [-0.05, 0) is 42.6 Å². The maximum atomic E-state index is 13.9. The number of carbonyl (C=O) groups excluding carboxylic acids is 2. The summed E-state index contributed by atoms with van der Waals surface area (Å²) in [5, 5.41) is 20.7. The van der Waals surface area contributed by atoms with Crippen LogP contribution in [-0.2, 0) is 24.7 Å². The summed E-state index contributed by atoms with van der Waals surface area (Å²) in [6, 6.07) is 17.8. The van der Waals surface area contributed by atoms with Gasteiger partial charge < -0.3 is 21.5 Å². The van der Waals surface area contributed by atoms with Gasteiger partial charge in [0.2, 0.25) is 5.91 Å². The van der Waals surface area contributed by atoms with E-state index in [1.807, 2.05) is 0 Å². The van der Waals surface area contributed by atoms with Crippen LogP contribution in [0, 0.1) is 5.41 Å². The number of alkyl halides is 3. The molecule has 2 aromatic carbocycles. The molecular formula is C28H30F3N5O7S2. The number of carboxylic acids is 1. The molecule has 1 aliphatic heterocycles. The molecule has 12 nitrogen and oxygen atoms in total. The fourth-order valence-corrected chi connectivity index (χ4v) is 6.12. The third-order valence-corrected chi connectivity index (χ3v) is 8.34. The number of amidine groups is 1. The highest BCUT2D eigenvalue weighted by Gasteiger charge is 2.39. The van der Waals surface area contributed by atoms with Gasteiger partial charge in [-0.1, -0.05) is 60.7 Å². The molecule has 1 fully saturated rings. The van der Waals surface area contributed by atoms with E-state index in [4.69, 9.17) is 21.0 Å². The first-order valence-corrected chi connectivity index (χ1v) is 15.5. The number of rotatable bonds is 11. The van der Waals surface area contributed by atoms with Crippen molar-refractivity contribution in [3.63, 3.8) is 0 Å². The molecule has 0 radical (unpaired) electrons. The summed E-state index contributed by atoms with van der Waals surface area (Å²) in [6.45, 7) is 0.664. The molecule has 4 rings (SSSR count). The summed E-state index contributed by atoms with van der Waals surface area (Å²) in [5.74, 6) is -4.83. The van der Waals surface area contributed by atoms with Gasteiger partial charge in [-0.15, -0.1) is 11.3 Å². The number of benzene rings is 2. The molecule has 3 atom stereocenters. The number of nitrogens with two attached hydrogens (primary N) is 1. The lowest BCUT2D eigenvalue weighted by Crippen LogP contribution is -2.52. The zero-order valence-electron chi connectivity index (χ0n) is 23.3. The fourth-order valence-electron chi connectivity index (χ4n) is 4.63. The Morgan fingerprint density at radius 3 is 1.93 bits per heavy atom. The molecule has 1 saturated heterocycles. The van der Waals surface area contributed by atoms with Crippen LogP contribution in [0.3, 0.4) is 0 Å². The molecule has 3 aromatic rings. The Morgan fingerprint density at radius 2 is 1.53 bits per heavy atom. The van der Waals surface area contributed by atoms with Crippen LogP contribution in [0.4, 0.5) is 13.2 Å². The van der Waals surface area contributed by atoms with Crippen LogP contribution in [0.1, 0.15) is 45.7 Å². The number of thiophene rings is 1. The van der Waals surface area contributed by atoms with E-state index in [0.717, 1.165) is 17.8 Å². The number of aliphatic carboxylic acids is 1. The SMILES string of the molecule is N=C(N)c1ccc(C(NC(=O)[C@H](NS(=O)(=O)O)C(c2ccccc2)c2ccccc2)C(=O)[C@@H]2CCCN2)s1.O=C(O)C(F)(F)F. The van der Waals surface area contributed by atoms with Crippen molar-refractivity contribution in [2.24, 2.45) is 5.73 Å². The normalized spacial score (nSPS) is 16.2. The average Bonchev–Trinajstić information content (AvgIpc) is 3.69. The first-order valence-electron chi connectivity index (χ1n) is 13.2. The van der Waals surface area contributed by atoms with Gasteiger partial charge in [0.1, 0.15) is 17.9 Å². The summed E-state index contributed by atoms with van der Waals surface area (Å²) in [6.07, 6.45) is -3.68. The highest BCUT2D eigenvalue weighted by atomic mass is 32.2. The summed E-state index contributed by atoms with van der Waals surface area (Å²) < 4.78 is 67.6. The molecule has 242 valence electrons. The summed E-state index contributed by atoms with van der Waals surface area (Å²) in [5.41, 5.74) is 6.88. The summed E-state index contributed by atoms with van der Waals surface area (Å²) >= 11 is 1.10. The number of carboxylic acid groups (broad SMARTS) is 1. The van der Waals surface area contributed by atoms with Gasteiger partial charge in [-0.25, -0.2) is 4.79 Å². The number of hydrogen-bond donors (Lipinski definition) is 7. The zero-order valence-corrected chi connectivity index (χ0v) is 25.0. The Kier molecular flexibility index (Phi) is 11.9. The number of nitrogens with one attached hydrogen (secondary N) is 4. The first kappa shape index (κ1) is 35.3. The van der Waals surface area contributed by atoms with E-state index in [1.165, 1.54) is 0 Å². The van der Waals surface area contributed by atoms with Crippen molar-refractivity contribution in [1.82, 2.24) is 15.4 Å². The minimum atomic E-state index is -5.08. The van der Waals surface area contributed by atoms with Gasteiger partial charge in [0.15, 0.2) is 5.78 Å². The Labute approximate surface area is 260 Å². The highest BCUT2D eigenvalue weighted by molar-refractivity contribution is 7.83. The number of amides is 1. The summed E-state index contributed by atoms with van der Waals surface area (Å²) in [4.78, 5) is 37.2. The number of nitrogen functional groups attached to an aromatic ring is 1. The van der Waals surface area contributed by atoms with E-state index in [2.05, 4.69) is 15.4 Å². The number of hydrogen-bond acceptors (Lipinski definition) is 8. The molecule has 8 N–H and O–H groups in total. The van der Waals surface area contributed by atoms with Gasteiger partial charge in [-0.2, -0.15) is 26.3 Å². The highest BCUT2D eigenvalue weighted by Crippen LogP contribution is 2.31. The quantitative estimate of drug-likeness (QED) is 0.0908. The second kappa shape index (κ2) is 15.2. The van der Waals surface area contributed by atoms with Crippen LogP contribution in [0.2, 0.25) is 0 Å². The van der Waals surface area contributed by atoms with Gasteiger partial charge in [0, 0.05) is 10.8 Å². The molecule has 45 heavy (non-hydrogen) atoms. The minimum absolute atomic E-state index is 0.170. The zero-order chi connectivity index (χ0) is 33.4. The molecule has 0 bridgehead atoms. The average molecular weight is 670 g/mol.